The maximum absolute atomic E-state index is 4.52. The molecule has 112 valence electrons. The summed E-state index contributed by atoms with van der Waals surface area (Å²) in [5.41, 5.74) is 3.52. The van der Waals surface area contributed by atoms with Gasteiger partial charge in [0.05, 0.1) is 0 Å². The fourth-order valence-corrected chi connectivity index (χ4v) is 2.27. The molecule has 0 bridgehead atoms. The zero-order valence-corrected chi connectivity index (χ0v) is 13.1. The van der Waals surface area contributed by atoms with E-state index in [4.69, 9.17) is 0 Å². The Morgan fingerprint density at radius 2 is 1.81 bits per heavy atom. The minimum absolute atomic E-state index is 0.756. The molecule has 1 heterocycles. The highest BCUT2D eigenvalue weighted by atomic mass is 15.2. The Balaban J connectivity index is 2.14. The number of aromatic nitrogens is 2. The Morgan fingerprint density at radius 1 is 1.10 bits per heavy atom. The van der Waals surface area contributed by atoms with Crippen LogP contribution in [0.5, 0.6) is 0 Å². The molecule has 0 saturated carbocycles. The zero-order valence-electron chi connectivity index (χ0n) is 13.1. The highest BCUT2D eigenvalue weighted by Crippen LogP contribution is 2.24. The highest BCUT2D eigenvalue weighted by Gasteiger charge is 2.11. The summed E-state index contributed by atoms with van der Waals surface area (Å²) in [7, 11) is 0. The van der Waals surface area contributed by atoms with Crippen LogP contribution in [-0.4, -0.2) is 23.1 Å². The normalized spacial score (nSPS) is 10.6. The molecule has 0 spiro atoms. The van der Waals surface area contributed by atoms with Crippen LogP contribution >= 0.6 is 0 Å². The lowest BCUT2D eigenvalue weighted by atomic mass is 10.2. The average molecular weight is 284 g/mol. The van der Waals surface area contributed by atoms with E-state index >= 15 is 0 Å². The van der Waals surface area contributed by atoms with Crippen molar-refractivity contribution in [1.29, 1.82) is 0 Å². The molecule has 2 aromatic rings. The summed E-state index contributed by atoms with van der Waals surface area (Å²) in [5, 5.41) is 3.36. The van der Waals surface area contributed by atoms with Crippen LogP contribution in [0.2, 0.25) is 0 Å². The molecule has 1 aromatic carbocycles. The van der Waals surface area contributed by atoms with Crippen molar-refractivity contribution in [1.82, 2.24) is 15.3 Å². The van der Waals surface area contributed by atoms with Gasteiger partial charge in [0, 0.05) is 36.7 Å². The molecular formula is C17H24N4. The van der Waals surface area contributed by atoms with Crippen LogP contribution in [0.25, 0.3) is 0 Å². The van der Waals surface area contributed by atoms with E-state index < -0.39 is 0 Å². The molecule has 0 radical (unpaired) electrons. The van der Waals surface area contributed by atoms with Crippen LogP contribution in [-0.2, 0) is 6.54 Å². The third-order valence-electron chi connectivity index (χ3n) is 3.41. The van der Waals surface area contributed by atoms with E-state index in [0.717, 1.165) is 43.3 Å². The molecule has 0 aliphatic carbocycles. The lowest BCUT2D eigenvalue weighted by Crippen LogP contribution is -2.20. The summed E-state index contributed by atoms with van der Waals surface area (Å²) in [6.07, 6.45) is 4.95. The third-order valence-corrected chi connectivity index (χ3v) is 3.41. The first-order valence-corrected chi connectivity index (χ1v) is 7.61. The molecule has 0 saturated heterocycles. The van der Waals surface area contributed by atoms with Gasteiger partial charge in [0.1, 0.15) is 0 Å². The fraction of sp³-hybridized carbons (Fsp3) is 0.412. The number of rotatable bonds is 7. The molecule has 4 nitrogen and oxygen atoms in total. The third kappa shape index (κ3) is 4.02. The number of hydrogen-bond donors (Lipinski definition) is 1. The maximum Gasteiger partial charge on any atom is 0.229 e. The van der Waals surface area contributed by atoms with Gasteiger partial charge in [-0.3, -0.25) is 0 Å². The maximum atomic E-state index is 4.52. The average Bonchev–Trinajstić information content (AvgIpc) is 2.51. The standard InChI is InChI=1S/C17H24N4/c1-4-10-18-11-15-12-19-17(20-13-15)21(5-2)16-9-7-6-8-14(16)3/h6-9,12-13,18H,4-5,10-11H2,1-3H3. The van der Waals surface area contributed by atoms with E-state index in [1.165, 1.54) is 5.56 Å². The second kappa shape index (κ2) is 7.74. The number of aryl methyl sites for hydroxylation is 1. The van der Waals surface area contributed by atoms with Gasteiger partial charge < -0.3 is 10.2 Å². The first kappa shape index (κ1) is 15.4. The van der Waals surface area contributed by atoms with Crippen molar-refractivity contribution in [2.45, 2.75) is 33.7 Å². The second-order valence-electron chi connectivity index (χ2n) is 5.10. The number of para-hydroxylation sites is 1. The van der Waals surface area contributed by atoms with Gasteiger partial charge in [-0.2, -0.15) is 0 Å². The van der Waals surface area contributed by atoms with Gasteiger partial charge in [-0.25, -0.2) is 9.97 Å². The van der Waals surface area contributed by atoms with Crippen LogP contribution in [0.15, 0.2) is 36.7 Å². The molecule has 0 unspecified atom stereocenters. The Kier molecular flexibility index (Phi) is 5.69. The lowest BCUT2D eigenvalue weighted by molar-refractivity contribution is 0.671. The number of nitrogens with zero attached hydrogens (tertiary/aromatic N) is 3. The summed E-state index contributed by atoms with van der Waals surface area (Å²) in [4.78, 5) is 11.2. The molecule has 1 N–H and O–H groups in total. The van der Waals surface area contributed by atoms with Gasteiger partial charge >= 0.3 is 0 Å². The fourth-order valence-electron chi connectivity index (χ4n) is 2.27. The Morgan fingerprint density at radius 3 is 2.43 bits per heavy atom. The Labute approximate surface area is 127 Å². The summed E-state index contributed by atoms with van der Waals surface area (Å²) >= 11 is 0. The number of benzene rings is 1. The summed E-state index contributed by atoms with van der Waals surface area (Å²) in [6.45, 7) is 9.08. The Hall–Kier alpha value is -1.94. The summed E-state index contributed by atoms with van der Waals surface area (Å²) in [5.74, 6) is 0.756. The minimum Gasteiger partial charge on any atom is -0.313 e. The van der Waals surface area contributed by atoms with Gasteiger partial charge in [-0.15, -0.1) is 0 Å². The van der Waals surface area contributed by atoms with Crippen molar-refractivity contribution in [3.05, 3.63) is 47.8 Å². The van der Waals surface area contributed by atoms with Crippen molar-refractivity contribution in [3.63, 3.8) is 0 Å². The molecule has 21 heavy (non-hydrogen) atoms. The molecular weight excluding hydrogens is 260 g/mol. The number of anilines is 2. The second-order valence-corrected chi connectivity index (χ2v) is 5.10. The SMILES string of the molecule is CCCNCc1cnc(N(CC)c2ccccc2C)nc1. The molecule has 0 aliphatic heterocycles. The summed E-state index contributed by atoms with van der Waals surface area (Å²) < 4.78 is 0. The molecule has 1 aromatic heterocycles. The van der Waals surface area contributed by atoms with E-state index in [0.29, 0.717) is 0 Å². The van der Waals surface area contributed by atoms with Gasteiger partial charge in [0.25, 0.3) is 0 Å². The van der Waals surface area contributed by atoms with Crippen molar-refractivity contribution in [2.24, 2.45) is 0 Å². The lowest BCUT2D eigenvalue weighted by Gasteiger charge is -2.22. The van der Waals surface area contributed by atoms with Gasteiger partial charge in [-0.1, -0.05) is 25.1 Å². The number of hydrogen-bond acceptors (Lipinski definition) is 4. The molecule has 2 rings (SSSR count). The van der Waals surface area contributed by atoms with E-state index in [2.05, 4.69) is 59.2 Å². The van der Waals surface area contributed by atoms with Crippen LogP contribution in [0.3, 0.4) is 0 Å². The molecule has 0 atom stereocenters. The van der Waals surface area contributed by atoms with Crippen molar-refractivity contribution < 1.29 is 0 Å². The predicted molar refractivity (Wildman–Crippen MR) is 87.9 cm³/mol. The molecule has 0 amide bonds. The first-order chi connectivity index (χ1) is 10.3. The van der Waals surface area contributed by atoms with Crippen LogP contribution < -0.4 is 10.2 Å². The van der Waals surface area contributed by atoms with Crippen molar-refractivity contribution >= 4 is 11.6 Å². The van der Waals surface area contributed by atoms with Gasteiger partial charge in [-0.05, 0) is 38.4 Å². The van der Waals surface area contributed by atoms with Gasteiger partial charge in [0.15, 0.2) is 0 Å². The quantitative estimate of drug-likeness (QED) is 0.791. The smallest absolute Gasteiger partial charge is 0.229 e. The van der Waals surface area contributed by atoms with Gasteiger partial charge in [0.2, 0.25) is 5.95 Å². The largest absolute Gasteiger partial charge is 0.313 e. The van der Waals surface area contributed by atoms with Crippen LogP contribution in [0.1, 0.15) is 31.4 Å². The van der Waals surface area contributed by atoms with E-state index in [1.54, 1.807) is 0 Å². The van der Waals surface area contributed by atoms with E-state index in [9.17, 15) is 0 Å². The van der Waals surface area contributed by atoms with Crippen molar-refractivity contribution in [2.75, 3.05) is 18.0 Å². The highest BCUT2D eigenvalue weighted by molar-refractivity contribution is 5.61. The topological polar surface area (TPSA) is 41.1 Å². The number of nitrogens with one attached hydrogen (secondary N) is 1. The Bertz CT molecular complexity index is 551. The molecule has 0 aliphatic rings. The zero-order chi connectivity index (χ0) is 15.1. The molecule has 4 heteroatoms. The van der Waals surface area contributed by atoms with Crippen LogP contribution in [0.4, 0.5) is 11.6 Å². The first-order valence-electron chi connectivity index (χ1n) is 7.61. The van der Waals surface area contributed by atoms with E-state index in [-0.39, 0.29) is 0 Å². The molecule has 0 fully saturated rings. The minimum atomic E-state index is 0.756. The predicted octanol–water partition coefficient (Wildman–Crippen LogP) is 3.44. The van der Waals surface area contributed by atoms with E-state index in [1.807, 2.05) is 18.5 Å². The van der Waals surface area contributed by atoms with Crippen molar-refractivity contribution in [3.8, 4) is 0 Å². The summed E-state index contributed by atoms with van der Waals surface area (Å²) in [6, 6.07) is 8.32. The van der Waals surface area contributed by atoms with Crippen LogP contribution in [0, 0.1) is 6.92 Å². The monoisotopic (exact) mass is 284 g/mol.